The average Bonchev–Trinajstić information content (AvgIpc) is 2.52. The van der Waals surface area contributed by atoms with E-state index >= 15 is 0 Å². The molecule has 0 radical (unpaired) electrons. The minimum atomic E-state index is 1.03. The van der Waals surface area contributed by atoms with Crippen LogP contribution in [-0.4, -0.2) is 4.98 Å². The Morgan fingerprint density at radius 2 is 1.50 bits per heavy atom. The van der Waals surface area contributed by atoms with Gasteiger partial charge in [0, 0.05) is 16.2 Å². The third-order valence-corrected chi connectivity index (χ3v) is 4.04. The van der Waals surface area contributed by atoms with E-state index in [9.17, 15) is 0 Å². The van der Waals surface area contributed by atoms with Crippen molar-refractivity contribution < 1.29 is 0 Å². The topological polar surface area (TPSA) is 12.9 Å². The van der Waals surface area contributed by atoms with Gasteiger partial charge in [-0.1, -0.05) is 61.5 Å². The SMILES string of the molecule is CCc1c2ccccc2nc2c1ccc1ccccc12. The number of para-hydroxylation sites is 1. The first-order valence-corrected chi connectivity index (χ1v) is 7.07. The number of fused-ring (bicyclic) bond motifs is 4. The maximum Gasteiger partial charge on any atom is 0.0790 e. The Labute approximate surface area is 117 Å². The summed E-state index contributed by atoms with van der Waals surface area (Å²) in [4.78, 5) is 4.91. The van der Waals surface area contributed by atoms with E-state index in [-0.39, 0.29) is 0 Å². The summed E-state index contributed by atoms with van der Waals surface area (Å²) in [5, 5.41) is 5.05. The maximum atomic E-state index is 4.91. The molecule has 0 aliphatic heterocycles. The fourth-order valence-electron chi connectivity index (χ4n) is 3.09. The molecule has 0 aliphatic rings. The molecule has 0 saturated heterocycles. The van der Waals surface area contributed by atoms with Crippen molar-refractivity contribution in [2.75, 3.05) is 0 Å². The molecule has 0 bridgehead atoms. The molecule has 0 amide bonds. The minimum absolute atomic E-state index is 1.03. The fraction of sp³-hybridized carbons (Fsp3) is 0.105. The predicted molar refractivity (Wildman–Crippen MR) is 86.1 cm³/mol. The Kier molecular flexibility index (Phi) is 2.46. The molecule has 0 spiro atoms. The summed E-state index contributed by atoms with van der Waals surface area (Å²) in [5.74, 6) is 0. The van der Waals surface area contributed by atoms with Crippen molar-refractivity contribution in [3.63, 3.8) is 0 Å². The van der Waals surface area contributed by atoms with Gasteiger partial charge in [-0.3, -0.25) is 0 Å². The Morgan fingerprint density at radius 3 is 2.35 bits per heavy atom. The van der Waals surface area contributed by atoms with Crippen LogP contribution in [0, 0.1) is 0 Å². The van der Waals surface area contributed by atoms with Crippen molar-refractivity contribution in [1.82, 2.24) is 4.98 Å². The minimum Gasteiger partial charge on any atom is -0.247 e. The number of hydrogen-bond acceptors (Lipinski definition) is 1. The maximum absolute atomic E-state index is 4.91. The molecule has 0 atom stereocenters. The molecule has 0 fully saturated rings. The number of hydrogen-bond donors (Lipinski definition) is 0. The lowest BCUT2D eigenvalue weighted by atomic mass is 9.97. The van der Waals surface area contributed by atoms with Crippen molar-refractivity contribution in [2.24, 2.45) is 0 Å². The molecule has 3 aromatic carbocycles. The van der Waals surface area contributed by atoms with Crippen molar-refractivity contribution in [2.45, 2.75) is 13.3 Å². The van der Waals surface area contributed by atoms with Gasteiger partial charge in [-0.2, -0.15) is 0 Å². The summed E-state index contributed by atoms with van der Waals surface area (Å²) in [6.07, 6.45) is 1.03. The fourth-order valence-corrected chi connectivity index (χ4v) is 3.09. The second-order valence-electron chi connectivity index (χ2n) is 5.14. The molecule has 1 aromatic heterocycles. The van der Waals surface area contributed by atoms with Gasteiger partial charge in [0.1, 0.15) is 0 Å². The van der Waals surface area contributed by atoms with Crippen LogP contribution in [0.5, 0.6) is 0 Å². The van der Waals surface area contributed by atoms with Gasteiger partial charge in [0.25, 0.3) is 0 Å². The van der Waals surface area contributed by atoms with Gasteiger partial charge >= 0.3 is 0 Å². The van der Waals surface area contributed by atoms with Gasteiger partial charge in [-0.05, 0) is 23.4 Å². The third-order valence-electron chi connectivity index (χ3n) is 4.04. The zero-order valence-electron chi connectivity index (χ0n) is 11.4. The van der Waals surface area contributed by atoms with Crippen molar-refractivity contribution in [3.8, 4) is 0 Å². The summed E-state index contributed by atoms with van der Waals surface area (Å²) >= 11 is 0. The lowest BCUT2D eigenvalue weighted by molar-refractivity contribution is 1.17. The highest BCUT2D eigenvalue weighted by Crippen LogP contribution is 2.31. The number of rotatable bonds is 1. The zero-order chi connectivity index (χ0) is 13.5. The van der Waals surface area contributed by atoms with E-state index in [0.29, 0.717) is 0 Å². The Bertz CT molecular complexity index is 938. The van der Waals surface area contributed by atoms with Crippen LogP contribution >= 0.6 is 0 Å². The van der Waals surface area contributed by atoms with Crippen LogP contribution in [-0.2, 0) is 6.42 Å². The highest BCUT2D eigenvalue weighted by atomic mass is 14.7. The number of aryl methyl sites for hydroxylation is 1. The van der Waals surface area contributed by atoms with Crippen LogP contribution in [0.15, 0.2) is 60.7 Å². The van der Waals surface area contributed by atoms with Gasteiger partial charge in [0.2, 0.25) is 0 Å². The van der Waals surface area contributed by atoms with E-state index < -0.39 is 0 Å². The van der Waals surface area contributed by atoms with Crippen LogP contribution in [0.25, 0.3) is 32.6 Å². The molecule has 0 saturated carbocycles. The van der Waals surface area contributed by atoms with Crippen LogP contribution in [0.1, 0.15) is 12.5 Å². The number of aromatic nitrogens is 1. The summed E-state index contributed by atoms with van der Waals surface area (Å²) < 4.78 is 0. The lowest BCUT2D eigenvalue weighted by Crippen LogP contribution is -1.92. The van der Waals surface area contributed by atoms with Crippen LogP contribution in [0.3, 0.4) is 0 Å². The van der Waals surface area contributed by atoms with Crippen molar-refractivity contribution in [3.05, 3.63) is 66.2 Å². The van der Waals surface area contributed by atoms with Gasteiger partial charge in [0.15, 0.2) is 0 Å². The second kappa shape index (κ2) is 4.31. The highest BCUT2D eigenvalue weighted by molar-refractivity contribution is 6.10. The first-order valence-electron chi connectivity index (χ1n) is 7.07. The number of benzene rings is 3. The van der Waals surface area contributed by atoms with E-state index in [0.717, 1.165) is 17.5 Å². The zero-order valence-corrected chi connectivity index (χ0v) is 11.4. The second-order valence-corrected chi connectivity index (χ2v) is 5.14. The van der Waals surface area contributed by atoms with Crippen molar-refractivity contribution in [1.29, 1.82) is 0 Å². The Morgan fingerprint density at radius 1 is 0.750 bits per heavy atom. The molecule has 1 heterocycles. The van der Waals surface area contributed by atoms with Gasteiger partial charge < -0.3 is 0 Å². The molecule has 0 aliphatic carbocycles. The molecule has 20 heavy (non-hydrogen) atoms. The molecular formula is C19H15N. The Balaban J connectivity index is 2.30. The molecule has 96 valence electrons. The summed E-state index contributed by atoms with van der Waals surface area (Å²) in [6.45, 7) is 2.22. The average molecular weight is 257 g/mol. The summed E-state index contributed by atoms with van der Waals surface area (Å²) in [5.41, 5.74) is 3.61. The molecule has 4 rings (SSSR count). The molecule has 0 N–H and O–H groups in total. The van der Waals surface area contributed by atoms with Crippen LogP contribution in [0.4, 0.5) is 0 Å². The van der Waals surface area contributed by atoms with Crippen molar-refractivity contribution >= 4 is 32.6 Å². The van der Waals surface area contributed by atoms with Gasteiger partial charge in [-0.15, -0.1) is 0 Å². The van der Waals surface area contributed by atoms with E-state index in [1.54, 1.807) is 0 Å². The monoisotopic (exact) mass is 257 g/mol. The Hall–Kier alpha value is -2.41. The predicted octanol–water partition coefficient (Wildman–Crippen LogP) is 5.10. The smallest absolute Gasteiger partial charge is 0.0790 e. The molecule has 0 unspecified atom stereocenters. The molecule has 4 aromatic rings. The van der Waals surface area contributed by atoms with Gasteiger partial charge in [-0.25, -0.2) is 4.98 Å². The van der Waals surface area contributed by atoms with E-state index in [4.69, 9.17) is 4.98 Å². The summed E-state index contributed by atoms with van der Waals surface area (Å²) in [7, 11) is 0. The van der Waals surface area contributed by atoms with Gasteiger partial charge in [0.05, 0.1) is 11.0 Å². The third kappa shape index (κ3) is 1.53. The first-order chi connectivity index (χ1) is 9.88. The number of pyridine rings is 1. The van der Waals surface area contributed by atoms with E-state index in [1.807, 2.05) is 0 Å². The molecular weight excluding hydrogens is 242 g/mol. The summed E-state index contributed by atoms with van der Waals surface area (Å²) in [6, 6.07) is 21.3. The highest BCUT2D eigenvalue weighted by Gasteiger charge is 2.09. The number of nitrogens with zero attached hydrogens (tertiary/aromatic N) is 1. The molecule has 1 nitrogen and oxygen atoms in total. The van der Waals surface area contributed by atoms with E-state index in [1.165, 1.54) is 27.1 Å². The van der Waals surface area contributed by atoms with Crippen LogP contribution in [0.2, 0.25) is 0 Å². The quantitative estimate of drug-likeness (QED) is 0.341. The largest absolute Gasteiger partial charge is 0.247 e. The lowest BCUT2D eigenvalue weighted by Gasteiger charge is -2.11. The standard InChI is InChI=1S/C19H15N/c1-2-14-16-9-5-6-10-18(16)20-19-15-8-4-3-7-13(15)11-12-17(14)19/h3-12H,2H2,1H3. The van der Waals surface area contributed by atoms with Crippen LogP contribution < -0.4 is 0 Å². The normalized spacial score (nSPS) is 11.4. The molecule has 1 heteroatoms. The first kappa shape index (κ1) is 11.4. The van der Waals surface area contributed by atoms with E-state index in [2.05, 4.69) is 67.6 Å².